The van der Waals surface area contributed by atoms with E-state index in [9.17, 15) is 9.59 Å². The first kappa shape index (κ1) is 23.3. The van der Waals surface area contributed by atoms with E-state index in [1.54, 1.807) is 23.7 Å². The smallest absolute Gasteiger partial charge is 0.253 e. The minimum absolute atomic E-state index is 0.262. The number of rotatable bonds is 6. The van der Waals surface area contributed by atoms with Crippen LogP contribution in [0.1, 0.15) is 41.7 Å². The zero-order valence-corrected chi connectivity index (χ0v) is 20.1. The number of benzene rings is 2. The molecule has 7 nitrogen and oxygen atoms in total. The molecule has 178 valence electrons. The lowest BCUT2D eigenvalue weighted by Gasteiger charge is -2.21. The number of nitrogens with one attached hydrogen (secondary N) is 2. The molecule has 4 aromatic rings. The lowest BCUT2D eigenvalue weighted by Crippen LogP contribution is -2.49. The molecule has 0 radical (unpaired) electrons. The van der Waals surface area contributed by atoms with Crippen molar-refractivity contribution in [2.24, 2.45) is 0 Å². The van der Waals surface area contributed by atoms with Crippen LogP contribution in [0.25, 0.3) is 16.6 Å². The molecule has 0 unspecified atom stereocenters. The summed E-state index contributed by atoms with van der Waals surface area (Å²) in [6, 6.07) is 12.9. The van der Waals surface area contributed by atoms with Crippen molar-refractivity contribution in [2.45, 2.75) is 31.3 Å². The second-order valence-electron chi connectivity index (χ2n) is 8.55. The van der Waals surface area contributed by atoms with Crippen molar-refractivity contribution >= 4 is 45.9 Å². The monoisotopic (exact) mass is 511 g/mol. The topological polar surface area (TPSA) is 88.9 Å². The van der Waals surface area contributed by atoms with E-state index < -0.39 is 23.3 Å². The SMILES string of the molecule is C[C@@H](NC(=O)C1(NC(=O)c2cncc(Cl)c2)CC1)c1ccc(-n2nc(Cl)c3ccccc32)cc1F. The van der Waals surface area contributed by atoms with Gasteiger partial charge in [0.2, 0.25) is 5.91 Å². The molecule has 0 spiro atoms. The fourth-order valence-electron chi connectivity index (χ4n) is 4.00. The molecule has 1 saturated carbocycles. The van der Waals surface area contributed by atoms with Gasteiger partial charge in [-0.1, -0.05) is 41.4 Å². The third-order valence-corrected chi connectivity index (χ3v) is 6.58. The highest BCUT2D eigenvalue weighted by Crippen LogP contribution is 2.37. The van der Waals surface area contributed by atoms with Gasteiger partial charge in [0.05, 0.1) is 27.8 Å². The first-order chi connectivity index (χ1) is 16.8. The number of para-hydroxylation sites is 1. The fourth-order valence-corrected chi connectivity index (χ4v) is 4.41. The van der Waals surface area contributed by atoms with Crippen molar-refractivity contribution in [1.82, 2.24) is 25.4 Å². The van der Waals surface area contributed by atoms with Gasteiger partial charge in [-0.25, -0.2) is 9.07 Å². The number of fused-ring (bicyclic) bond motifs is 1. The maximum Gasteiger partial charge on any atom is 0.253 e. The molecule has 1 fully saturated rings. The summed E-state index contributed by atoms with van der Waals surface area (Å²) < 4.78 is 16.7. The highest BCUT2D eigenvalue weighted by Gasteiger charge is 2.51. The van der Waals surface area contributed by atoms with E-state index in [2.05, 4.69) is 20.7 Å². The molecular weight excluding hydrogens is 492 g/mol. The largest absolute Gasteiger partial charge is 0.347 e. The Morgan fingerprint density at radius 1 is 1.11 bits per heavy atom. The summed E-state index contributed by atoms with van der Waals surface area (Å²) in [5.74, 6) is -1.31. The first-order valence-corrected chi connectivity index (χ1v) is 11.7. The summed E-state index contributed by atoms with van der Waals surface area (Å²) in [5, 5.41) is 11.3. The van der Waals surface area contributed by atoms with Crippen molar-refractivity contribution < 1.29 is 14.0 Å². The number of carbonyl (C=O) groups is 2. The molecular formula is C25H20Cl2FN5O2. The number of pyridine rings is 1. The average Bonchev–Trinajstić information content (AvgIpc) is 3.55. The number of hydrogen-bond donors (Lipinski definition) is 2. The van der Waals surface area contributed by atoms with Crippen molar-refractivity contribution in [3.05, 3.63) is 88.0 Å². The Balaban J connectivity index is 1.31. The van der Waals surface area contributed by atoms with Gasteiger partial charge in [0.1, 0.15) is 11.4 Å². The molecule has 0 bridgehead atoms. The molecule has 1 atom stereocenters. The third kappa shape index (κ3) is 4.47. The molecule has 1 aliphatic carbocycles. The van der Waals surface area contributed by atoms with Gasteiger partial charge >= 0.3 is 0 Å². The maximum absolute atomic E-state index is 15.1. The Labute approximate surface area is 210 Å². The zero-order chi connectivity index (χ0) is 24.7. The number of halogens is 3. The van der Waals surface area contributed by atoms with Crippen molar-refractivity contribution in [1.29, 1.82) is 0 Å². The van der Waals surface area contributed by atoms with Crippen LogP contribution in [0.3, 0.4) is 0 Å². The summed E-state index contributed by atoms with van der Waals surface area (Å²) in [6.45, 7) is 1.69. The molecule has 2 heterocycles. The molecule has 2 aromatic carbocycles. The Morgan fingerprint density at radius 3 is 2.60 bits per heavy atom. The summed E-state index contributed by atoms with van der Waals surface area (Å²) in [7, 11) is 0. The van der Waals surface area contributed by atoms with Crippen molar-refractivity contribution in [2.75, 3.05) is 0 Å². The van der Waals surface area contributed by atoms with Crippen LogP contribution in [0.4, 0.5) is 4.39 Å². The van der Waals surface area contributed by atoms with Gasteiger partial charge < -0.3 is 10.6 Å². The van der Waals surface area contributed by atoms with Crippen LogP contribution in [-0.4, -0.2) is 32.1 Å². The number of aromatic nitrogens is 3. The Hall–Kier alpha value is -3.49. The van der Waals surface area contributed by atoms with Gasteiger partial charge in [0.15, 0.2) is 5.15 Å². The molecule has 10 heteroatoms. The number of amides is 2. The molecule has 0 saturated heterocycles. The summed E-state index contributed by atoms with van der Waals surface area (Å²) in [6.07, 6.45) is 3.77. The predicted octanol–water partition coefficient (Wildman–Crippen LogP) is 5.01. The van der Waals surface area contributed by atoms with Crippen molar-refractivity contribution in [3.63, 3.8) is 0 Å². The van der Waals surface area contributed by atoms with Crippen molar-refractivity contribution in [3.8, 4) is 5.69 Å². The van der Waals surface area contributed by atoms with E-state index >= 15 is 4.39 Å². The van der Waals surface area contributed by atoms with Crippen LogP contribution in [0, 0.1) is 5.82 Å². The Kier molecular flexibility index (Phi) is 5.94. The summed E-state index contributed by atoms with van der Waals surface area (Å²) >= 11 is 12.1. The van der Waals surface area contributed by atoms with Gasteiger partial charge in [-0.05, 0) is 50.1 Å². The highest BCUT2D eigenvalue weighted by atomic mass is 35.5. The minimum Gasteiger partial charge on any atom is -0.347 e. The maximum atomic E-state index is 15.1. The van der Waals surface area contributed by atoms with E-state index in [4.69, 9.17) is 23.2 Å². The molecule has 0 aliphatic heterocycles. The van der Waals surface area contributed by atoms with Gasteiger partial charge in [0, 0.05) is 23.3 Å². The Bertz CT molecular complexity index is 1470. The van der Waals surface area contributed by atoms with Gasteiger partial charge in [-0.2, -0.15) is 5.10 Å². The van der Waals surface area contributed by atoms with E-state index in [0.29, 0.717) is 34.3 Å². The lowest BCUT2D eigenvalue weighted by atomic mass is 10.1. The molecule has 35 heavy (non-hydrogen) atoms. The van der Waals surface area contributed by atoms with Crippen LogP contribution >= 0.6 is 23.2 Å². The molecule has 2 N–H and O–H groups in total. The predicted molar refractivity (Wildman–Crippen MR) is 131 cm³/mol. The standard InChI is InChI=1S/C25H20Cl2FN5O2/c1-14(30-24(35)25(8-9-25)31-23(34)15-10-16(26)13-29-12-15)18-7-6-17(11-20(18)28)33-21-5-3-2-4-19(21)22(27)32-33/h2-7,10-14H,8-9H2,1H3,(H,30,35)(H,31,34)/t14-/m1/s1. The van der Waals surface area contributed by atoms with Crippen LogP contribution < -0.4 is 10.6 Å². The van der Waals surface area contributed by atoms with Crippen LogP contribution in [0.2, 0.25) is 10.2 Å². The molecule has 5 rings (SSSR count). The van der Waals surface area contributed by atoms with Crippen LogP contribution in [0.5, 0.6) is 0 Å². The molecule has 2 amide bonds. The molecule has 1 aliphatic rings. The highest BCUT2D eigenvalue weighted by molar-refractivity contribution is 6.34. The lowest BCUT2D eigenvalue weighted by molar-refractivity contribution is -0.124. The number of carbonyl (C=O) groups excluding carboxylic acids is 2. The second-order valence-corrected chi connectivity index (χ2v) is 9.34. The quantitative estimate of drug-likeness (QED) is 0.381. The van der Waals surface area contributed by atoms with Crippen LogP contribution in [-0.2, 0) is 4.79 Å². The Morgan fingerprint density at radius 2 is 1.89 bits per heavy atom. The second kappa shape index (κ2) is 8.94. The number of hydrogen-bond acceptors (Lipinski definition) is 4. The molecule has 2 aromatic heterocycles. The van der Waals surface area contributed by atoms with Gasteiger partial charge in [-0.3, -0.25) is 14.6 Å². The first-order valence-electron chi connectivity index (χ1n) is 10.9. The number of nitrogens with zero attached hydrogens (tertiary/aromatic N) is 3. The van der Waals surface area contributed by atoms with E-state index in [0.717, 1.165) is 10.9 Å². The van der Waals surface area contributed by atoms with E-state index in [1.165, 1.54) is 24.5 Å². The average molecular weight is 512 g/mol. The third-order valence-electron chi connectivity index (χ3n) is 6.09. The zero-order valence-electron chi connectivity index (χ0n) is 18.6. The van der Waals surface area contributed by atoms with Gasteiger partial charge in [0.25, 0.3) is 5.91 Å². The summed E-state index contributed by atoms with van der Waals surface area (Å²) in [4.78, 5) is 29.4. The van der Waals surface area contributed by atoms with E-state index in [-0.39, 0.29) is 11.5 Å². The normalized spacial score (nSPS) is 15.0. The van der Waals surface area contributed by atoms with E-state index in [1.807, 2.05) is 24.3 Å². The fraction of sp³-hybridized carbons (Fsp3) is 0.200. The van der Waals surface area contributed by atoms with Crippen LogP contribution in [0.15, 0.2) is 60.9 Å². The van der Waals surface area contributed by atoms with Gasteiger partial charge in [-0.15, -0.1) is 0 Å². The minimum atomic E-state index is -1.03. The summed E-state index contributed by atoms with van der Waals surface area (Å²) in [5.41, 5.74) is 0.805.